The zero-order chi connectivity index (χ0) is 16.9. The topological polar surface area (TPSA) is 32.3 Å². The van der Waals surface area contributed by atoms with Crippen LogP contribution in [0.15, 0.2) is 47.4 Å². The second-order valence-corrected chi connectivity index (χ2v) is 7.90. The van der Waals surface area contributed by atoms with Crippen molar-refractivity contribution in [3.05, 3.63) is 53.6 Å². The monoisotopic (exact) mass is 329 g/mol. The lowest BCUT2D eigenvalue weighted by molar-refractivity contribution is 0.441. The van der Waals surface area contributed by atoms with Crippen molar-refractivity contribution in [2.45, 2.75) is 51.0 Å². The van der Waals surface area contributed by atoms with Gasteiger partial charge in [-0.05, 0) is 35.3 Å². The van der Waals surface area contributed by atoms with E-state index in [0.29, 0.717) is 12.3 Å². The maximum Gasteiger partial charge on any atom is 0.124 e. The Kier molecular flexibility index (Phi) is 6.00. The first kappa shape index (κ1) is 17.7. The van der Waals surface area contributed by atoms with Crippen LogP contribution >= 0.6 is 11.8 Å². The standard InChI is InChI=1S/C20H27NOS/c1-5-13-23-18-12-7-6-11-17(18)21-14-15-9-8-10-16(19(15)22)20(2,3)4/h6-12,21-22H,5,13-14H2,1-4H3. The van der Waals surface area contributed by atoms with Gasteiger partial charge in [-0.1, -0.05) is 58.0 Å². The van der Waals surface area contributed by atoms with Crippen LogP contribution in [0, 0.1) is 0 Å². The summed E-state index contributed by atoms with van der Waals surface area (Å²) in [6.07, 6.45) is 1.16. The van der Waals surface area contributed by atoms with Gasteiger partial charge in [0.15, 0.2) is 0 Å². The molecule has 0 aliphatic heterocycles. The van der Waals surface area contributed by atoms with E-state index >= 15 is 0 Å². The van der Waals surface area contributed by atoms with Gasteiger partial charge in [0.25, 0.3) is 0 Å². The molecule has 0 amide bonds. The number of para-hydroxylation sites is 2. The molecular formula is C20H27NOS. The number of hydrogen-bond acceptors (Lipinski definition) is 3. The van der Waals surface area contributed by atoms with Gasteiger partial charge < -0.3 is 10.4 Å². The highest BCUT2D eigenvalue weighted by atomic mass is 32.2. The average molecular weight is 330 g/mol. The number of aromatic hydroxyl groups is 1. The largest absolute Gasteiger partial charge is 0.507 e. The van der Waals surface area contributed by atoms with Crippen molar-refractivity contribution in [1.82, 2.24) is 0 Å². The highest BCUT2D eigenvalue weighted by molar-refractivity contribution is 7.99. The molecule has 2 rings (SSSR count). The summed E-state index contributed by atoms with van der Waals surface area (Å²) in [6.45, 7) is 9.18. The minimum atomic E-state index is -0.0605. The van der Waals surface area contributed by atoms with Crippen molar-refractivity contribution in [3.63, 3.8) is 0 Å². The van der Waals surface area contributed by atoms with Crippen molar-refractivity contribution in [3.8, 4) is 5.75 Å². The molecule has 0 bridgehead atoms. The van der Waals surface area contributed by atoms with E-state index in [1.54, 1.807) is 0 Å². The molecule has 2 aromatic carbocycles. The Morgan fingerprint density at radius 2 is 1.78 bits per heavy atom. The fourth-order valence-electron chi connectivity index (χ4n) is 2.48. The highest BCUT2D eigenvalue weighted by Crippen LogP contribution is 2.34. The number of phenols is 1. The molecule has 0 atom stereocenters. The molecule has 0 aliphatic rings. The van der Waals surface area contributed by atoms with Crippen LogP contribution in [0.4, 0.5) is 5.69 Å². The summed E-state index contributed by atoms with van der Waals surface area (Å²) < 4.78 is 0. The molecule has 0 fully saturated rings. The summed E-state index contributed by atoms with van der Waals surface area (Å²) in [6, 6.07) is 14.4. The Morgan fingerprint density at radius 3 is 2.48 bits per heavy atom. The number of anilines is 1. The van der Waals surface area contributed by atoms with Crippen LogP contribution in [-0.2, 0) is 12.0 Å². The number of hydrogen-bond donors (Lipinski definition) is 2. The molecule has 0 aromatic heterocycles. The van der Waals surface area contributed by atoms with E-state index in [1.807, 2.05) is 36.0 Å². The molecule has 0 spiro atoms. The molecular weight excluding hydrogens is 302 g/mol. The van der Waals surface area contributed by atoms with Crippen molar-refractivity contribution in [2.75, 3.05) is 11.1 Å². The van der Waals surface area contributed by atoms with Crippen LogP contribution in [0.2, 0.25) is 0 Å². The third kappa shape index (κ3) is 4.68. The molecule has 0 saturated heterocycles. The van der Waals surface area contributed by atoms with Crippen molar-refractivity contribution in [2.24, 2.45) is 0 Å². The predicted octanol–water partition coefficient (Wildman–Crippen LogP) is 5.80. The van der Waals surface area contributed by atoms with Crippen LogP contribution in [0.1, 0.15) is 45.2 Å². The van der Waals surface area contributed by atoms with Crippen molar-refractivity contribution >= 4 is 17.4 Å². The van der Waals surface area contributed by atoms with E-state index in [2.05, 4.69) is 51.2 Å². The van der Waals surface area contributed by atoms with Gasteiger partial charge in [-0.3, -0.25) is 0 Å². The Balaban J connectivity index is 2.16. The summed E-state index contributed by atoms with van der Waals surface area (Å²) in [5, 5.41) is 14.0. The second-order valence-electron chi connectivity index (χ2n) is 6.76. The lowest BCUT2D eigenvalue weighted by Gasteiger charge is -2.22. The molecule has 2 nitrogen and oxygen atoms in total. The first-order valence-electron chi connectivity index (χ1n) is 8.20. The minimum Gasteiger partial charge on any atom is -0.507 e. The lowest BCUT2D eigenvalue weighted by Crippen LogP contribution is -2.12. The first-order valence-corrected chi connectivity index (χ1v) is 9.19. The number of phenolic OH excluding ortho intramolecular Hbond substituents is 1. The quantitative estimate of drug-likeness (QED) is 0.656. The Morgan fingerprint density at radius 1 is 1.04 bits per heavy atom. The number of nitrogens with one attached hydrogen (secondary N) is 1. The van der Waals surface area contributed by atoms with Crippen LogP contribution in [-0.4, -0.2) is 10.9 Å². The van der Waals surface area contributed by atoms with E-state index in [1.165, 1.54) is 4.90 Å². The predicted molar refractivity (Wildman–Crippen MR) is 102 cm³/mol. The van der Waals surface area contributed by atoms with Gasteiger partial charge in [0.1, 0.15) is 5.75 Å². The fourth-order valence-corrected chi connectivity index (χ4v) is 3.37. The molecule has 3 heteroatoms. The molecule has 0 aliphatic carbocycles. The summed E-state index contributed by atoms with van der Waals surface area (Å²) in [5.74, 6) is 1.52. The average Bonchev–Trinajstić information content (AvgIpc) is 2.51. The smallest absolute Gasteiger partial charge is 0.124 e. The van der Waals surface area contributed by atoms with Crippen LogP contribution in [0.25, 0.3) is 0 Å². The number of thioether (sulfide) groups is 1. The van der Waals surface area contributed by atoms with Crippen molar-refractivity contribution < 1.29 is 5.11 Å². The third-order valence-corrected chi connectivity index (χ3v) is 5.03. The van der Waals surface area contributed by atoms with E-state index in [4.69, 9.17) is 0 Å². The molecule has 0 heterocycles. The zero-order valence-corrected chi connectivity index (χ0v) is 15.3. The number of benzene rings is 2. The summed E-state index contributed by atoms with van der Waals surface area (Å²) in [4.78, 5) is 1.26. The second kappa shape index (κ2) is 7.78. The molecule has 124 valence electrons. The Labute approximate surface area is 144 Å². The highest BCUT2D eigenvalue weighted by Gasteiger charge is 2.19. The lowest BCUT2D eigenvalue weighted by atomic mass is 9.85. The Hall–Kier alpha value is -1.61. The summed E-state index contributed by atoms with van der Waals surface area (Å²) in [5.41, 5.74) is 3.00. The minimum absolute atomic E-state index is 0.0605. The molecule has 0 radical (unpaired) electrons. The third-order valence-electron chi connectivity index (χ3n) is 3.75. The Bertz CT molecular complexity index is 646. The molecule has 2 N–H and O–H groups in total. The van der Waals surface area contributed by atoms with Crippen LogP contribution < -0.4 is 5.32 Å². The maximum atomic E-state index is 10.6. The van der Waals surface area contributed by atoms with E-state index in [0.717, 1.165) is 29.0 Å². The van der Waals surface area contributed by atoms with E-state index in [-0.39, 0.29) is 5.41 Å². The van der Waals surface area contributed by atoms with Gasteiger partial charge in [-0.25, -0.2) is 0 Å². The van der Waals surface area contributed by atoms with Crippen LogP contribution in [0.3, 0.4) is 0 Å². The normalized spacial score (nSPS) is 11.5. The molecule has 2 aromatic rings. The van der Waals surface area contributed by atoms with Crippen molar-refractivity contribution in [1.29, 1.82) is 0 Å². The van der Waals surface area contributed by atoms with Gasteiger partial charge in [0, 0.05) is 22.7 Å². The van der Waals surface area contributed by atoms with Gasteiger partial charge >= 0.3 is 0 Å². The van der Waals surface area contributed by atoms with Crippen LogP contribution in [0.5, 0.6) is 5.75 Å². The molecule has 23 heavy (non-hydrogen) atoms. The van der Waals surface area contributed by atoms with Gasteiger partial charge in [-0.15, -0.1) is 11.8 Å². The fraction of sp³-hybridized carbons (Fsp3) is 0.400. The first-order chi connectivity index (χ1) is 10.9. The van der Waals surface area contributed by atoms with E-state index in [9.17, 15) is 5.11 Å². The summed E-state index contributed by atoms with van der Waals surface area (Å²) in [7, 11) is 0. The summed E-state index contributed by atoms with van der Waals surface area (Å²) >= 11 is 1.87. The molecule has 0 unspecified atom stereocenters. The van der Waals surface area contributed by atoms with Gasteiger partial charge in [0.05, 0.1) is 0 Å². The van der Waals surface area contributed by atoms with Gasteiger partial charge in [0.2, 0.25) is 0 Å². The van der Waals surface area contributed by atoms with E-state index < -0.39 is 0 Å². The van der Waals surface area contributed by atoms with Gasteiger partial charge in [-0.2, -0.15) is 0 Å². The molecule has 0 saturated carbocycles. The maximum absolute atomic E-state index is 10.6. The zero-order valence-electron chi connectivity index (χ0n) is 14.5. The number of rotatable bonds is 6. The SMILES string of the molecule is CCCSc1ccccc1NCc1cccc(C(C)(C)C)c1O.